The third kappa shape index (κ3) is 2.87. The van der Waals surface area contributed by atoms with Gasteiger partial charge in [-0.05, 0) is 43.3 Å². The van der Waals surface area contributed by atoms with Crippen LogP contribution in [-0.2, 0) is 6.42 Å². The van der Waals surface area contributed by atoms with E-state index in [9.17, 15) is 0 Å². The molecule has 0 bridgehead atoms. The quantitative estimate of drug-likeness (QED) is 0.905. The van der Waals surface area contributed by atoms with Crippen LogP contribution < -0.4 is 10.1 Å². The number of halogens is 1. The van der Waals surface area contributed by atoms with Crippen LogP contribution in [0.25, 0.3) is 0 Å². The van der Waals surface area contributed by atoms with Crippen molar-refractivity contribution in [2.45, 2.75) is 18.9 Å². The molecule has 1 saturated heterocycles. The first-order chi connectivity index (χ1) is 8.81. The Morgan fingerprint density at radius 1 is 1.33 bits per heavy atom. The van der Waals surface area contributed by atoms with Crippen LogP contribution in [0.2, 0.25) is 0 Å². The molecule has 0 aliphatic carbocycles. The van der Waals surface area contributed by atoms with Crippen LogP contribution in [0.4, 0.5) is 0 Å². The van der Waals surface area contributed by atoms with Gasteiger partial charge in [0.1, 0.15) is 11.9 Å². The first kappa shape index (κ1) is 12.5. The second-order valence-electron chi connectivity index (χ2n) is 5.10. The summed E-state index contributed by atoms with van der Waals surface area (Å²) in [6.07, 6.45) is 2.61. The lowest BCUT2D eigenvalue weighted by Crippen LogP contribution is -2.37. The summed E-state index contributed by atoms with van der Waals surface area (Å²) in [6, 6.07) is 6.31. The molecule has 2 heterocycles. The van der Waals surface area contributed by atoms with Crippen LogP contribution in [0.1, 0.15) is 12.0 Å². The van der Waals surface area contributed by atoms with Gasteiger partial charge in [-0.2, -0.15) is 0 Å². The molecule has 3 nitrogen and oxygen atoms in total. The minimum absolute atomic E-state index is 0.326. The van der Waals surface area contributed by atoms with Crippen molar-refractivity contribution in [2.24, 2.45) is 0 Å². The average molecular weight is 311 g/mol. The van der Waals surface area contributed by atoms with Crippen molar-refractivity contribution in [1.29, 1.82) is 0 Å². The molecule has 1 unspecified atom stereocenters. The molecular formula is C14H19BrN2O. The van der Waals surface area contributed by atoms with Gasteiger partial charge in [0.25, 0.3) is 0 Å². The van der Waals surface area contributed by atoms with Gasteiger partial charge in [-0.25, -0.2) is 0 Å². The van der Waals surface area contributed by atoms with Gasteiger partial charge in [-0.15, -0.1) is 0 Å². The standard InChI is InChI=1S/C14H19BrN2O/c15-12-2-3-14-11(8-12)9-13(18-14)10-17-6-1-4-16-5-7-17/h2-3,8,13,16H,1,4-7,9-10H2. The lowest BCUT2D eigenvalue weighted by Gasteiger charge is -2.22. The molecule has 0 amide bonds. The molecule has 0 aromatic heterocycles. The predicted molar refractivity (Wildman–Crippen MR) is 76.2 cm³/mol. The Morgan fingerprint density at radius 2 is 2.28 bits per heavy atom. The lowest BCUT2D eigenvalue weighted by atomic mass is 10.1. The van der Waals surface area contributed by atoms with E-state index in [0.717, 1.165) is 42.8 Å². The zero-order valence-electron chi connectivity index (χ0n) is 10.5. The fourth-order valence-corrected chi connectivity index (χ4v) is 3.17. The van der Waals surface area contributed by atoms with Gasteiger partial charge in [0.15, 0.2) is 0 Å². The van der Waals surface area contributed by atoms with Crippen LogP contribution in [-0.4, -0.2) is 43.7 Å². The fraction of sp³-hybridized carbons (Fsp3) is 0.571. The summed E-state index contributed by atoms with van der Waals surface area (Å²) in [5, 5.41) is 3.44. The summed E-state index contributed by atoms with van der Waals surface area (Å²) < 4.78 is 7.17. The van der Waals surface area contributed by atoms with Gasteiger partial charge in [0, 0.05) is 30.5 Å². The molecule has 1 aromatic carbocycles. The van der Waals surface area contributed by atoms with E-state index in [-0.39, 0.29) is 0 Å². The van der Waals surface area contributed by atoms with E-state index < -0.39 is 0 Å². The Kier molecular flexibility index (Phi) is 3.87. The summed E-state index contributed by atoms with van der Waals surface area (Å²) in [6.45, 7) is 5.63. The highest BCUT2D eigenvalue weighted by Gasteiger charge is 2.25. The molecule has 0 radical (unpaired) electrons. The van der Waals surface area contributed by atoms with E-state index >= 15 is 0 Å². The third-order valence-corrected chi connectivity index (χ3v) is 4.15. The SMILES string of the molecule is Brc1ccc2c(c1)CC(CN1CCCNCC1)O2. The number of hydrogen-bond acceptors (Lipinski definition) is 3. The van der Waals surface area contributed by atoms with Gasteiger partial charge in [-0.1, -0.05) is 15.9 Å². The van der Waals surface area contributed by atoms with Crippen LogP contribution in [0.5, 0.6) is 5.75 Å². The highest BCUT2D eigenvalue weighted by atomic mass is 79.9. The molecule has 2 aliphatic heterocycles. The number of hydrogen-bond donors (Lipinski definition) is 1. The van der Waals surface area contributed by atoms with Crippen molar-refractivity contribution in [1.82, 2.24) is 10.2 Å². The van der Waals surface area contributed by atoms with Crippen molar-refractivity contribution < 1.29 is 4.74 Å². The molecule has 0 saturated carbocycles. The molecule has 0 spiro atoms. The van der Waals surface area contributed by atoms with Gasteiger partial charge < -0.3 is 10.1 Å². The van der Waals surface area contributed by atoms with Crippen molar-refractivity contribution in [2.75, 3.05) is 32.7 Å². The number of rotatable bonds is 2. The lowest BCUT2D eigenvalue weighted by molar-refractivity contribution is 0.155. The molecule has 98 valence electrons. The normalized spacial score (nSPS) is 24.4. The molecule has 3 rings (SSSR count). The first-order valence-corrected chi connectivity index (χ1v) is 7.49. The maximum atomic E-state index is 6.02. The van der Waals surface area contributed by atoms with E-state index in [1.807, 2.05) is 0 Å². The number of fused-ring (bicyclic) bond motifs is 1. The Bertz CT molecular complexity index is 416. The minimum atomic E-state index is 0.326. The largest absolute Gasteiger partial charge is 0.488 e. The zero-order valence-corrected chi connectivity index (χ0v) is 12.1. The second kappa shape index (κ2) is 5.59. The average Bonchev–Trinajstić information content (AvgIpc) is 2.57. The smallest absolute Gasteiger partial charge is 0.123 e. The Morgan fingerprint density at radius 3 is 3.22 bits per heavy atom. The van der Waals surface area contributed by atoms with E-state index in [2.05, 4.69) is 44.3 Å². The number of nitrogens with zero attached hydrogens (tertiary/aromatic N) is 1. The van der Waals surface area contributed by atoms with Crippen molar-refractivity contribution in [3.63, 3.8) is 0 Å². The van der Waals surface area contributed by atoms with Crippen LogP contribution in [0, 0.1) is 0 Å². The van der Waals surface area contributed by atoms with E-state index in [0.29, 0.717) is 6.10 Å². The van der Waals surface area contributed by atoms with Crippen LogP contribution in [0.15, 0.2) is 22.7 Å². The topological polar surface area (TPSA) is 24.5 Å². The van der Waals surface area contributed by atoms with Crippen LogP contribution in [0.3, 0.4) is 0 Å². The summed E-state index contributed by atoms with van der Waals surface area (Å²) in [4.78, 5) is 2.52. The van der Waals surface area contributed by atoms with Crippen molar-refractivity contribution >= 4 is 15.9 Å². The van der Waals surface area contributed by atoms with Crippen LogP contribution >= 0.6 is 15.9 Å². The molecule has 1 atom stereocenters. The van der Waals surface area contributed by atoms with E-state index in [1.165, 1.54) is 18.5 Å². The van der Waals surface area contributed by atoms with Crippen molar-refractivity contribution in [3.05, 3.63) is 28.2 Å². The maximum absolute atomic E-state index is 6.02. The molecule has 4 heteroatoms. The molecular weight excluding hydrogens is 292 g/mol. The van der Waals surface area contributed by atoms with Gasteiger partial charge in [-0.3, -0.25) is 4.90 Å². The summed E-state index contributed by atoms with van der Waals surface area (Å²) >= 11 is 3.52. The zero-order chi connectivity index (χ0) is 12.4. The highest BCUT2D eigenvalue weighted by Crippen LogP contribution is 2.31. The highest BCUT2D eigenvalue weighted by molar-refractivity contribution is 9.10. The first-order valence-electron chi connectivity index (χ1n) is 6.69. The third-order valence-electron chi connectivity index (χ3n) is 3.66. The van der Waals surface area contributed by atoms with Crippen molar-refractivity contribution in [3.8, 4) is 5.75 Å². The Balaban J connectivity index is 1.60. The van der Waals surface area contributed by atoms with Gasteiger partial charge in [0.05, 0.1) is 0 Å². The summed E-state index contributed by atoms with van der Waals surface area (Å²) in [5.74, 6) is 1.07. The molecule has 1 fully saturated rings. The Labute approximate surface area is 117 Å². The maximum Gasteiger partial charge on any atom is 0.123 e. The molecule has 2 aliphatic rings. The fourth-order valence-electron chi connectivity index (χ4n) is 2.76. The molecule has 18 heavy (non-hydrogen) atoms. The van der Waals surface area contributed by atoms with Gasteiger partial charge >= 0.3 is 0 Å². The number of ether oxygens (including phenoxy) is 1. The number of nitrogens with one attached hydrogen (secondary N) is 1. The second-order valence-corrected chi connectivity index (χ2v) is 6.02. The molecule has 1 aromatic rings. The minimum Gasteiger partial charge on any atom is -0.488 e. The monoisotopic (exact) mass is 310 g/mol. The Hall–Kier alpha value is -0.580. The van der Waals surface area contributed by atoms with E-state index in [4.69, 9.17) is 4.74 Å². The number of benzene rings is 1. The van der Waals surface area contributed by atoms with Gasteiger partial charge in [0.2, 0.25) is 0 Å². The predicted octanol–water partition coefficient (Wildman–Crippen LogP) is 2.05. The summed E-state index contributed by atoms with van der Waals surface area (Å²) in [7, 11) is 0. The molecule has 1 N–H and O–H groups in total. The summed E-state index contributed by atoms with van der Waals surface area (Å²) in [5.41, 5.74) is 1.34. The van der Waals surface area contributed by atoms with E-state index in [1.54, 1.807) is 0 Å².